The molecule has 40 heavy (non-hydrogen) atoms. The molecule has 10 nitrogen and oxygen atoms in total. The molecule has 208 valence electrons. The average molecular weight is 562 g/mol. The Morgan fingerprint density at radius 2 is 2.00 bits per heavy atom. The zero-order valence-electron chi connectivity index (χ0n) is 22.2. The molecule has 4 heterocycles. The predicted molar refractivity (Wildman–Crippen MR) is 153 cm³/mol. The molecular formula is C29H32ClN7O3. The number of nitrogens with one attached hydrogen (secondary N) is 1. The summed E-state index contributed by atoms with van der Waals surface area (Å²) >= 11 is 6.66. The van der Waals surface area contributed by atoms with Crippen molar-refractivity contribution in [3.05, 3.63) is 52.7 Å². The highest BCUT2D eigenvalue weighted by Crippen LogP contribution is 2.37. The van der Waals surface area contributed by atoms with E-state index in [1.165, 1.54) is 4.90 Å². The minimum absolute atomic E-state index is 0.0761. The summed E-state index contributed by atoms with van der Waals surface area (Å²) in [5, 5.41) is 24.9. The van der Waals surface area contributed by atoms with Gasteiger partial charge in [-0.05, 0) is 30.4 Å². The number of nitrogens with zero attached hydrogens (tertiary/aromatic N) is 6. The van der Waals surface area contributed by atoms with Crippen molar-refractivity contribution in [1.82, 2.24) is 20.2 Å². The van der Waals surface area contributed by atoms with E-state index in [-0.39, 0.29) is 12.0 Å². The second-order valence-electron chi connectivity index (χ2n) is 10.7. The number of anilines is 2. The Morgan fingerprint density at radius 1 is 1.15 bits per heavy atom. The first kappa shape index (κ1) is 26.4. The van der Waals surface area contributed by atoms with Crippen LogP contribution in [-0.2, 0) is 13.0 Å². The Hall–Kier alpha value is -3.81. The molecule has 11 heteroatoms. The van der Waals surface area contributed by atoms with Gasteiger partial charge in [0.05, 0.1) is 36.4 Å². The van der Waals surface area contributed by atoms with E-state index in [9.17, 15) is 15.2 Å². The molecular weight excluding hydrogens is 530 g/mol. The van der Waals surface area contributed by atoms with Gasteiger partial charge >= 0.3 is 12.1 Å². The van der Waals surface area contributed by atoms with Crippen molar-refractivity contribution >= 4 is 40.0 Å². The van der Waals surface area contributed by atoms with Gasteiger partial charge in [0, 0.05) is 67.9 Å². The van der Waals surface area contributed by atoms with E-state index in [4.69, 9.17) is 26.3 Å². The maximum absolute atomic E-state index is 11.3. The zero-order chi connectivity index (χ0) is 27.6. The summed E-state index contributed by atoms with van der Waals surface area (Å²) < 4.78 is 6.14. The number of piperazine rings is 1. The van der Waals surface area contributed by atoms with Crippen molar-refractivity contribution in [1.29, 1.82) is 5.26 Å². The summed E-state index contributed by atoms with van der Waals surface area (Å²) in [6, 6.07) is 14.9. The highest BCUT2D eigenvalue weighted by molar-refractivity contribution is 6.36. The van der Waals surface area contributed by atoms with E-state index in [1.54, 1.807) is 0 Å². The molecule has 3 aliphatic heterocycles. The fraction of sp³-hybridized carbons (Fsp3) is 0.448. The zero-order valence-corrected chi connectivity index (χ0v) is 23.0. The summed E-state index contributed by atoms with van der Waals surface area (Å²) in [6.45, 7) is 4.97. The summed E-state index contributed by atoms with van der Waals surface area (Å²) in [5.41, 5.74) is 3.11. The lowest BCUT2D eigenvalue weighted by molar-refractivity contribution is 0.151. The molecule has 0 radical (unpaired) electrons. The molecule has 2 saturated heterocycles. The first-order valence-electron chi connectivity index (χ1n) is 13.8. The van der Waals surface area contributed by atoms with Crippen LogP contribution < -0.4 is 19.9 Å². The number of fused-ring (bicyclic) bond motifs is 2. The lowest BCUT2D eigenvalue weighted by atomic mass is 10.0. The largest absolute Gasteiger partial charge is 0.465 e. The predicted octanol–water partition coefficient (Wildman–Crippen LogP) is 3.92. The summed E-state index contributed by atoms with van der Waals surface area (Å²) in [7, 11) is 0. The minimum Gasteiger partial charge on any atom is -0.465 e. The third kappa shape index (κ3) is 5.31. The molecule has 0 spiro atoms. The summed E-state index contributed by atoms with van der Waals surface area (Å²) in [5.74, 6) is 0.978. The maximum Gasteiger partial charge on any atom is 0.407 e. The number of amides is 1. The monoisotopic (exact) mass is 561 g/mol. The molecule has 2 aromatic carbocycles. The van der Waals surface area contributed by atoms with Crippen molar-refractivity contribution in [3.63, 3.8) is 0 Å². The van der Waals surface area contributed by atoms with E-state index in [0.29, 0.717) is 45.2 Å². The van der Waals surface area contributed by atoms with Gasteiger partial charge < -0.3 is 29.9 Å². The molecule has 1 unspecified atom stereocenters. The van der Waals surface area contributed by atoms with Crippen molar-refractivity contribution in [2.45, 2.75) is 31.8 Å². The van der Waals surface area contributed by atoms with Crippen LogP contribution in [0, 0.1) is 17.2 Å². The van der Waals surface area contributed by atoms with Gasteiger partial charge in [0.15, 0.2) is 0 Å². The van der Waals surface area contributed by atoms with Crippen LogP contribution in [-0.4, -0.2) is 78.0 Å². The second kappa shape index (κ2) is 11.4. The molecule has 3 aromatic rings. The van der Waals surface area contributed by atoms with Gasteiger partial charge in [-0.3, -0.25) is 0 Å². The molecule has 1 aromatic heterocycles. The van der Waals surface area contributed by atoms with Gasteiger partial charge in [-0.15, -0.1) is 0 Å². The van der Waals surface area contributed by atoms with E-state index in [2.05, 4.69) is 45.5 Å². The molecule has 2 atom stereocenters. The quantitative estimate of drug-likeness (QED) is 0.461. The maximum atomic E-state index is 11.3. The molecule has 2 fully saturated rings. The normalized spacial score (nSPS) is 20.9. The smallest absolute Gasteiger partial charge is 0.407 e. The first-order valence-corrected chi connectivity index (χ1v) is 14.2. The summed E-state index contributed by atoms with van der Waals surface area (Å²) in [6.07, 6.45) is 1.07. The third-order valence-electron chi connectivity index (χ3n) is 8.09. The van der Waals surface area contributed by atoms with Gasteiger partial charge in [-0.2, -0.15) is 15.2 Å². The highest BCUT2D eigenvalue weighted by atomic mass is 35.5. The van der Waals surface area contributed by atoms with Gasteiger partial charge in [-0.1, -0.05) is 35.9 Å². The van der Waals surface area contributed by atoms with Crippen LogP contribution in [0.3, 0.4) is 0 Å². The molecule has 2 N–H and O–H groups in total. The standard InChI is InChI=1S/C29H32ClN7O3/c30-23-5-1-3-20-4-2-6-25(26(20)23)35-13-9-22-24(17-35)33-28(40-18-19-8-12-37(15-19)29(38)39)34-27(22)36-14-11-32-21(16-36)7-10-31/h1-6,19,21,32H,7-9,11-18H2,(H,38,39)/t19?,21-/m0/s1. The van der Waals surface area contributed by atoms with E-state index in [0.717, 1.165) is 71.0 Å². The van der Waals surface area contributed by atoms with Gasteiger partial charge in [-0.25, -0.2) is 4.79 Å². The number of hydrogen-bond donors (Lipinski definition) is 2. The second-order valence-corrected chi connectivity index (χ2v) is 11.1. The Bertz CT molecular complexity index is 1460. The number of nitriles is 1. The molecule has 3 aliphatic rings. The Balaban J connectivity index is 1.31. The molecule has 0 bridgehead atoms. The fourth-order valence-corrected chi connectivity index (χ4v) is 6.34. The Morgan fingerprint density at radius 3 is 2.80 bits per heavy atom. The van der Waals surface area contributed by atoms with E-state index < -0.39 is 6.09 Å². The van der Waals surface area contributed by atoms with Crippen LogP contribution in [0.2, 0.25) is 5.02 Å². The number of aromatic nitrogens is 2. The lowest BCUT2D eigenvalue weighted by Gasteiger charge is -2.37. The molecule has 6 rings (SSSR count). The number of carboxylic acid groups (broad SMARTS) is 1. The van der Waals surface area contributed by atoms with Crippen LogP contribution >= 0.6 is 11.6 Å². The third-order valence-corrected chi connectivity index (χ3v) is 8.41. The number of rotatable bonds is 6. The number of halogens is 1. The molecule has 1 amide bonds. The topological polar surface area (TPSA) is 118 Å². The van der Waals surface area contributed by atoms with E-state index in [1.807, 2.05) is 12.1 Å². The Kier molecular flexibility index (Phi) is 7.50. The van der Waals surface area contributed by atoms with Crippen LogP contribution in [0.25, 0.3) is 10.8 Å². The average Bonchev–Trinajstić information content (AvgIpc) is 3.45. The number of benzene rings is 2. The van der Waals surface area contributed by atoms with E-state index >= 15 is 0 Å². The van der Waals surface area contributed by atoms with Crippen molar-refractivity contribution in [3.8, 4) is 12.1 Å². The number of hydrogen-bond acceptors (Lipinski definition) is 8. The van der Waals surface area contributed by atoms with Crippen molar-refractivity contribution in [2.75, 3.05) is 55.7 Å². The van der Waals surface area contributed by atoms with Gasteiger partial charge in [0.25, 0.3) is 0 Å². The number of carbonyl (C=O) groups is 1. The van der Waals surface area contributed by atoms with Gasteiger partial charge in [0.2, 0.25) is 0 Å². The fourth-order valence-electron chi connectivity index (χ4n) is 6.06. The SMILES string of the molecule is N#CC[C@H]1CN(c2nc(OCC3CCN(C(=O)O)C3)nc3c2CCN(c2cccc4cccc(Cl)c24)C3)CCN1. The minimum atomic E-state index is -0.894. The van der Waals surface area contributed by atoms with Crippen molar-refractivity contribution < 1.29 is 14.6 Å². The highest BCUT2D eigenvalue weighted by Gasteiger charge is 2.30. The Labute approximate surface area is 238 Å². The first-order chi connectivity index (χ1) is 19.5. The number of likely N-dealkylation sites (tertiary alicyclic amines) is 1. The van der Waals surface area contributed by atoms with Gasteiger partial charge in [0.1, 0.15) is 5.82 Å². The van der Waals surface area contributed by atoms with Crippen LogP contribution in [0.4, 0.5) is 16.3 Å². The number of ether oxygens (including phenoxy) is 1. The summed E-state index contributed by atoms with van der Waals surface area (Å²) in [4.78, 5) is 27.1. The molecule has 0 saturated carbocycles. The van der Waals surface area contributed by atoms with Crippen LogP contribution in [0.1, 0.15) is 24.1 Å². The van der Waals surface area contributed by atoms with Crippen LogP contribution in [0.15, 0.2) is 36.4 Å². The molecule has 0 aliphatic carbocycles. The van der Waals surface area contributed by atoms with Crippen molar-refractivity contribution in [2.24, 2.45) is 5.92 Å². The lowest BCUT2D eigenvalue weighted by Crippen LogP contribution is -2.51. The van der Waals surface area contributed by atoms with Crippen LogP contribution in [0.5, 0.6) is 6.01 Å².